The first-order valence-corrected chi connectivity index (χ1v) is 7.68. The van der Waals surface area contributed by atoms with E-state index in [1.165, 1.54) is 15.3 Å². The molecule has 17 heavy (non-hydrogen) atoms. The number of hydrogen-bond acceptors (Lipinski definition) is 1. The largest absolute Gasteiger partial charge is 0.205 e. The van der Waals surface area contributed by atoms with Crippen molar-refractivity contribution in [3.05, 3.63) is 55.4 Å². The number of aryl methyl sites for hydroxylation is 2. The van der Waals surface area contributed by atoms with Crippen LogP contribution in [-0.4, -0.2) is 0 Å². The molecule has 1 heterocycles. The van der Waals surface area contributed by atoms with Gasteiger partial charge in [0.05, 0.1) is 9.30 Å². The molecule has 0 bridgehead atoms. The number of benzene rings is 1. The summed E-state index contributed by atoms with van der Waals surface area (Å²) in [4.78, 5) is 2.33. The lowest BCUT2D eigenvalue weighted by Gasteiger charge is -2.11. The van der Waals surface area contributed by atoms with Gasteiger partial charge < -0.3 is 0 Å². The molecule has 0 aliphatic heterocycles. The fraction of sp³-hybridized carbons (Fsp3) is 0.231. The molecule has 1 atom stereocenters. The average Bonchev–Trinajstić information content (AvgIpc) is 2.61. The van der Waals surface area contributed by atoms with Crippen LogP contribution in [0.3, 0.4) is 0 Å². The number of alkyl halides is 1. The molecule has 1 aromatic heterocycles. The summed E-state index contributed by atoms with van der Waals surface area (Å²) in [6.07, 6.45) is 0. The number of halogens is 3. The maximum atomic E-state index is 14.0. The van der Waals surface area contributed by atoms with Crippen molar-refractivity contribution in [3.8, 4) is 0 Å². The van der Waals surface area contributed by atoms with Gasteiger partial charge in [-0.15, -0.1) is 11.3 Å². The van der Waals surface area contributed by atoms with Crippen molar-refractivity contribution in [2.24, 2.45) is 0 Å². The topological polar surface area (TPSA) is 0 Å². The van der Waals surface area contributed by atoms with Crippen molar-refractivity contribution in [1.29, 1.82) is 0 Å². The van der Waals surface area contributed by atoms with E-state index in [1.807, 2.05) is 12.1 Å². The van der Waals surface area contributed by atoms with Crippen molar-refractivity contribution in [2.75, 3.05) is 0 Å². The smallest absolute Gasteiger partial charge is 0.142 e. The summed E-state index contributed by atoms with van der Waals surface area (Å²) < 4.78 is 14.5. The van der Waals surface area contributed by atoms with Gasteiger partial charge in [-0.1, -0.05) is 28.1 Å². The van der Waals surface area contributed by atoms with Gasteiger partial charge in [0.25, 0.3) is 0 Å². The molecule has 0 fully saturated rings. The lowest BCUT2D eigenvalue weighted by atomic mass is 10.1. The molecule has 0 aliphatic carbocycles. The van der Waals surface area contributed by atoms with E-state index in [2.05, 4.69) is 51.8 Å². The second kappa shape index (κ2) is 5.21. The molecule has 0 saturated carbocycles. The maximum Gasteiger partial charge on any atom is 0.142 e. The van der Waals surface area contributed by atoms with Crippen LogP contribution in [-0.2, 0) is 0 Å². The van der Waals surface area contributed by atoms with E-state index in [4.69, 9.17) is 0 Å². The summed E-state index contributed by atoms with van der Waals surface area (Å²) in [6, 6.07) is 7.51. The SMILES string of the molecule is Cc1cc(C)c(C(Br)c2cccc(Br)c2F)s1. The van der Waals surface area contributed by atoms with E-state index in [-0.39, 0.29) is 10.6 Å². The first kappa shape index (κ1) is 13.2. The second-order valence-corrected chi connectivity index (χ2v) is 6.97. The lowest BCUT2D eigenvalue weighted by Crippen LogP contribution is -1.96. The van der Waals surface area contributed by atoms with E-state index >= 15 is 0 Å². The van der Waals surface area contributed by atoms with Crippen LogP contribution in [0, 0.1) is 19.7 Å². The highest BCUT2D eigenvalue weighted by Crippen LogP contribution is 2.39. The molecular formula is C13H11Br2FS. The standard InChI is InChI=1S/C13H11Br2FS/c1-7-6-8(2)17-13(7)11(15)9-4-3-5-10(14)12(9)16/h3-6,11H,1-2H3. The zero-order chi connectivity index (χ0) is 12.6. The van der Waals surface area contributed by atoms with Crippen LogP contribution in [0.25, 0.3) is 0 Å². The predicted molar refractivity (Wildman–Crippen MR) is 78.7 cm³/mol. The fourth-order valence-electron chi connectivity index (χ4n) is 1.77. The van der Waals surface area contributed by atoms with E-state index in [0.717, 1.165) is 0 Å². The summed E-state index contributed by atoms with van der Waals surface area (Å²) in [7, 11) is 0. The van der Waals surface area contributed by atoms with E-state index in [9.17, 15) is 4.39 Å². The monoisotopic (exact) mass is 376 g/mol. The van der Waals surface area contributed by atoms with Crippen molar-refractivity contribution < 1.29 is 4.39 Å². The van der Waals surface area contributed by atoms with Crippen molar-refractivity contribution in [3.63, 3.8) is 0 Å². The van der Waals surface area contributed by atoms with Crippen LogP contribution in [0.1, 0.15) is 25.7 Å². The zero-order valence-electron chi connectivity index (χ0n) is 9.43. The van der Waals surface area contributed by atoms with Gasteiger partial charge in [-0.2, -0.15) is 0 Å². The summed E-state index contributed by atoms with van der Waals surface area (Å²) in [5.74, 6) is -0.195. The number of hydrogen-bond donors (Lipinski definition) is 0. The Morgan fingerprint density at radius 3 is 2.59 bits per heavy atom. The molecule has 2 aromatic rings. The Labute approximate surface area is 121 Å². The maximum absolute atomic E-state index is 14.0. The molecule has 1 unspecified atom stereocenters. The Balaban J connectivity index is 2.47. The highest BCUT2D eigenvalue weighted by atomic mass is 79.9. The van der Waals surface area contributed by atoms with Gasteiger partial charge in [0, 0.05) is 15.3 Å². The first-order valence-electron chi connectivity index (χ1n) is 5.15. The molecule has 4 heteroatoms. The third-order valence-corrected chi connectivity index (χ3v) is 5.65. The van der Waals surface area contributed by atoms with Gasteiger partial charge in [0.2, 0.25) is 0 Å². The Morgan fingerprint density at radius 2 is 2.00 bits per heavy atom. The molecule has 0 aliphatic rings. The van der Waals surface area contributed by atoms with Gasteiger partial charge in [0.1, 0.15) is 5.82 Å². The Kier molecular flexibility index (Phi) is 4.06. The lowest BCUT2D eigenvalue weighted by molar-refractivity contribution is 0.607. The quantitative estimate of drug-likeness (QED) is 0.584. The fourth-order valence-corrected chi connectivity index (χ4v) is 4.18. The molecule has 1 aromatic carbocycles. The van der Waals surface area contributed by atoms with Gasteiger partial charge in [-0.3, -0.25) is 0 Å². The highest BCUT2D eigenvalue weighted by Gasteiger charge is 2.19. The molecular weight excluding hydrogens is 367 g/mol. The Hall–Kier alpha value is -0.190. The summed E-state index contributed by atoms with van der Waals surface area (Å²) in [5.41, 5.74) is 1.87. The zero-order valence-corrected chi connectivity index (χ0v) is 13.4. The molecule has 0 radical (unpaired) electrons. The number of rotatable bonds is 2. The highest BCUT2D eigenvalue weighted by molar-refractivity contribution is 9.10. The normalized spacial score (nSPS) is 12.8. The van der Waals surface area contributed by atoms with E-state index in [0.29, 0.717) is 10.0 Å². The third-order valence-electron chi connectivity index (χ3n) is 2.56. The number of thiophene rings is 1. The summed E-state index contributed by atoms with van der Waals surface area (Å²) >= 11 is 8.51. The molecule has 0 spiro atoms. The van der Waals surface area contributed by atoms with Crippen LogP contribution in [0.15, 0.2) is 28.7 Å². The molecule has 0 saturated heterocycles. The molecule has 2 rings (SSSR count). The van der Waals surface area contributed by atoms with Crippen molar-refractivity contribution in [1.82, 2.24) is 0 Å². The van der Waals surface area contributed by atoms with Crippen LogP contribution >= 0.6 is 43.2 Å². The predicted octanol–water partition coefficient (Wildman–Crippen LogP) is 5.75. The molecule has 0 N–H and O–H groups in total. The molecule has 0 nitrogen and oxygen atoms in total. The Morgan fingerprint density at radius 1 is 1.29 bits per heavy atom. The van der Waals surface area contributed by atoms with Gasteiger partial charge in [-0.05, 0) is 47.5 Å². The van der Waals surface area contributed by atoms with Crippen molar-refractivity contribution in [2.45, 2.75) is 18.7 Å². The van der Waals surface area contributed by atoms with E-state index < -0.39 is 0 Å². The van der Waals surface area contributed by atoms with Gasteiger partial charge in [-0.25, -0.2) is 4.39 Å². The second-order valence-electron chi connectivity index (χ2n) is 3.91. The minimum Gasteiger partial charge on any atom is -0.205 e. The Bertz CT molecular complexity index is 548. The van der Waals surface area contributed by atoms with Crippen molar-refractivity contribution >= 4 is 43.2 Å². The van der Waals surface area contributed by atoms with Crippen LogP contribution in [0.4, 0.5) is 4.39 Å². The van der Waals surface area contributed by atoms with Crippen LogP contribution < -0.4 is 0 Å². The van der Waals surface area contributed by atoms with Crippen LogP contribution in [0.2, 0.25) is 0 Å². The summed E-state index contributed by atoms with van der Waals surface area (Å²) in [5, 5.41) is 0. The molecule has 0 amide bonds. The van der Waals surface area contributed by atoms with Gasteiger partial charge >= 0.3 is 0 Å². The molecule has 90 valence electrons. The summed E-state index contributed by atoms with van der Waals surface area (Å²) in [6.45, 7) is 4.13. The first-order chi connectivity index (χ1) is 8.00. The van der Waals surface area contributed by atoms with Crippen LogP contribution in [0.5, 0.6) is 0 Å². The average molecular weight is 378 g/mol. The third kappa shape index (κ3) is 2.64. The van der Waals surface area contributed by atoms with Gasteiger partial charge in [0.15, 0.2) is 0 Å². The minimum atomic E-state index is -0.195. The minimum absolute atomic E-state index is 0.0845. The van der Waals surface area contributed by atoms with E-state index in [1.54, 1.807) is 17.4 Å².